The quantitative estimate of drug-likeness (QED) is 0.599. The molecular weight excluding hydrogens is 126 g/mol. The van der Waals surface area contributed by atoms with E-state index in [0.717, 1.165) is 31.9 Å². The molecule has 0 bridgehead atoms. The fourth-order valence-corrected chi connectivity index (χ4v) is 0.934. The Balaban J connectivity index is 2.51. The SMILES string of the molecule is CC/C(C)=C1\NCCCO1. The van der Waals surface area contributed by atoms with E-state index in [0.29, 0.717) is 0 Å². The van der Waals surface area contributed by atoms with Crippen LogP contribution in [0.2, 0.25) is 0 Å². The molecule has 1 aliphatic rings. The molecule has 0 saturated carbocycles. The van der Waals surface area contributed by atoms with Gasteiger partial charge in [0, 0.05) is 6.54 Å². The average Bonchev–Trinajstić information content (AvgIpc) is 2.05. The number of allylic oxidation sites excluding steroid dienone is 1. The van der Waals surface area contributed by atoms with Gasteiger partial charge in [0.05, 0.1) is 6.61 Å². The normalized spacial score (nSPS) is 23.0. The summed E-state index contributed by atoms with van der Waals surface area (Å²) in [4.78, 5) is 0. The van der Waals surface area contributed by atoms with Crippen molar-refractivity contribution in [2.24, 2.45) is 0 Å². The van der Waals surface area contributed by atoms with E-state index in [-0.39, 0.29) is 0 Å². The topological polar surface area (TPSA) is 21.3 Å². The number of hydrogen-bond donors (Lipinski definition) is 1. The fraction of sp³-hybridized carbons (Fsp3) is 0.750. The van der Waals surface area contributed by atoms with Gasteiger partial charge in [-0.2, -0.15) is 0 Å². The maximum Gasteiger partial charge on any atom is 0.185 e. The molecule has 0 aliphatic carbocycles. The van der Waals surface area contributed by atoms with Crippen LogP contribution < -0.4 is 5.32 Å². The Hall–Kier alpha value is -0.660. The molecule has 1 fully saturated rings. The Morgan fingerprint density at radius 3 is 3.00 bits per heavy atom. The minimum atomic E-state index is 0.875. The monoisotopic (exact) mass is 141 g/mol. The lowest BCUT2D eigenvalue weighted by Crippen LogP contribution is -2.25. The molecule has 0 aromatic rings. The molecule has 1 rings (SSSR count). The molecule has 0 amide bonds. The molecule has 0 spiro atoms. The van der Waals surface area contributed by atoms with Crippen molar-refractivity contribution in [1.29, 1.82) is 0 Å². The van der Waals surface area contributed by atoms with Gasteiger partial charge in [-0.25, -0.2) is 0 Å². The van der Waals surface area contributed by atoms with Gasteiger partial charge in [0.1, 0.15) is 0 Å². The third-order valence-corrected chi connectivity index (χ3v) is 1.77. The lowest BCUT2D eigenvalue weighted by molar-refractivity contribution is 0.153. The second kappa shape index (κ2) is 3.49. The second-order valence-electron chi connectivity index (χ2n) is 2.59. The summed E-state index contributed by atoms with van der Waals surface area (Å²) in [6.07, 6.45) is 2.20. The van der Waals surface area contributed by atoms with E-state index in [1.54, 1.807) is 0 Å². The van der Waals surface area contributed by atoms with Crippen LogP contribution in [0.3, 0.4) is 0 Å². The molecular formula is C8H15NO. The van der Waals surface area contributed by atoms with Crippen molar-refractivity contribution in [2.75, 3.05) is 13.2 Å². The molecule has 1 saturated heterocycles. The molecule has 0 aromatic heterocycles. The van der Waals surface area contributed by atoms with Crippen LogP contribution in [0.5, 0.6) is 0 Å². The summed E-state index contributed by atoms with van der Waals surface area (Å²) in [5.74, 6) is 1.01. The van der Waals surface area contributed by atoms with Crippen molar-refractivity contribution in [3.63, 3.8) is 0 Å². The smallest absolute Gasteiger partial charge is 0.185 e. The predicted molar refractivity (Wildman–Crippen MR) is 41.6 cm³/mol. The fourth-order valence-electron chi connectivity index (χ4n) is 0.934. The average molecular weight is 141 g/mol. The van der Waals surface area contributed by atoms with Crippen molar-refractivity contribution < 1.29 is 4.74 Å². The minimum absolute atomic E-state index is 0.875. The van der Waals surface area contributed by atoms with Crippen LogP contribution in [0.25, 0.3) is 0 Å². The van der Waals surface area contributed by atoms with E-state index in [4.69, 9.17) is 4.74 Å². The van der Waals surface area contributed by atoms with Crippen LogP contribution in [-0.4, -0.2) is 13.2 Å². The van der Waals surface area contributed by atoms with Gasteiger partial charge in [-0.3, -0.25) is 0 Å². The third kappa shape index (κ3) is 1.66. The Kier molecular flexibility index (Phi) is 2.60. The van der Waals surface area contributed by atoms with Crippen LogP contribution in [-0.2, 0) is 4.74 Å². The standard InChI is InChI=1S/C8H15NO/c1-3-7(2)8-9-5-4-6-10-8/h9H,3-6H2,1-2H3/b8-7+. The number of rotatable bonds is 1. The lowest BCUT2D eigenvalue weighted by Gasteiger charge is -2.20. The highest BCUT2D eigenvalue weighted by Crippen LogP contribution is 2.09. The Labute approximate surface area is 62.3 Å². The number of ether oxygens (including phenoxy) is 1. The molecule has 1 heterocycles. The van der Waals surface area contributed by atoms with Gasteiger partial charge in [-0.15, -0.1) is 0 Å². The Bertz CT molecular complexity index is 132. The van der Waals surface area contributed by atoms with E-state index < -0.39 is 0 Å². The van der Waals surface area contributed by atoms with Gasteiger partial charge < -0.3 is 10.1 Å². The van der Waals surface area contributed by atoms with Crippen molar-refractivity contribution in [3.05, 3.63) is 11.5 Å². The van der Waals surface area contributed by atoms with Gasteiger partial charge in [0.2, 0.25) is 0 Å². The summed E-state index contributed by atoms with van der Waals surface area (Å²) in [5, 5.41) is 3.23. The summed E-state index contributed by atoms with van der Waals surface area (Å²) in [6, 6.07) is 0. The minimum Gasteiger partial charge on any atom is -0.479 e. The predicted octanol–water partition coefficient (Wildman–Crippen LogP) is 1.64. The summed E-state index contributed by atoms with van der Waals surface area (Å²) in [6.45, 7) is 6.18. The number of hydrogen-bond acceptors (Lipinski definition) is 2. The zero-order chi connectivity index (χ0) is 7.40. The Morgan fingerprint density at radius 2 is 2.50 bits per heavy atom. The molecule has 58 valence electrons. The lowest BCUT2D eigenvalue weighted by atomic mass is 10.2. The van der Waals surface area contributed by atoms with Crippen LogP contribution in [0.15, 0.2) is 11.5 Å². The largest absolute Gasteiger partial charge is 0.479 e. The molecule has 0 atom stereocenters. The highest BCUT2D eigenvalue weighted by Gasteiger charge is 2.06. The van der Waals surface area contributed by atoms with Crippen LogP contribution in [0.1, 0.15) is 26.7 Å². The van der Waals surface area contributed by atoms with Crippen LogP contribution in [0, 0.1) is 0 Å². The molecule has 2 heteroatoms. The highest BCUT2D eigenvalue weighted by molar-refractivity contribution is 5.04. The molecule has 0 aromatic carbocycles. The number of nitrogens with one attached hydrogen (secondary N) is 1. The maximum atomic E-state index is 5.40. The van der Waals surface area contributed by atoms with Gasteiger partial charge in [0.15, 0.2) is 5.88 Å². The van der Waals surface area contributed by atoms with Gasteiger partial charge in [0.25, 0.3) is 0 Å². The first kappa shape index (κ1) is 7.45. The highest BCUT2D eigenvalue weighted by atomic mass is 16.5. The van der Waals surface area contributed by atoms with Crippen LogP contribution >= 0.6 is 0 Å². The van der Waals surface area contributed by atoms with E-state index in [9.17, 15) is 0 Å². The Morgan fingerprint density at radius 1 is 1.70 bits per heavy atom. The van der Waals surface area contributed by atoms with Crippen molar-refractivity contribution in [1.82, 2.24) is 5.32 Å². The first-order chi connectivity index (χ1) is 4.84. The first-order valence-corrected chi connectivity index (χ1v) is 3.91. The van der Waals surface area contributed by atoms with E-state index in [2.05, 4.69) is 19.2 Å². The zero-order valence-electron chi connectivity index (χ0n) is 6.74. The van der Waals surface area contributed by atoms with E-state index in [1.165, 1.54) is 5.57 Å². The molecule has 0 unspecified atom stereocenters. The molecule has 0 radical (unpaired) electrons. The first-order valence-electron chi connectivity index (χ1n) is 3.91. The molecule has 1 aliphatic heterocycles. The molecule has 1 N–H and O–H groups in total. The van der Waals surface area contributed by atoms with Crippen LogP contribution in [0.4, 0.5) is 0 Å². The van der Waals surface area contributed by atoms with E-state index >= 15 is 0 Å². The zero-order valence-corrected chi connectivity index (χ0v) is 6.74. The third-order valence-electron chi connectivity index (χ3n) is 1.77. The summed E-state index contributed by atoms with van der Waals surface area (Å²) in [7, 11) is 0. The van der Waals surface area contributed by atoms with Gasteiger partial charge in [-0.1, -0.05) is 6.92 Å². The van der Waals surface area contributed by atoms with Crippen molar-refractivity contribution in [2.45, 2.75) is 26.7 Å². The van der Waals surface area contributed by atoms with Gasteiger partial charge in [-0.05, 0) is 25.3 Å². The van der Waals surface area contributed by atoms with Crippen molar-refractivity contribution in [3.8, 4) is 0 Å². The van der Waals surface area contributed by atoms with Gasteiger partial charge >= 0.3 is 0 Å². The van der Waals surface area contributed by atoms with Crippen molar-refractivity contribution >= 4 is 0 Å². The summed E-state index contributed by atoms with van der Waals surface area (Å²) < 4.78 is 5.40. The maximum absolute atomic E-state index is 5.40. The summed E-state index contributed by atoms with van der Waals surface area (Å²) >= 11 is 0. The van der Waals surface area contributed by atoms with E-state index in [1.807, 2.05) is 0 Å². The summed E-state index contributed by atoms with van der Waals surface area (Å²) in [5.41, 5.74) is 1.32. The second-order valence-corrected chi connectivity index (χ2v) is 2.59. The molecule has 10 heavy (non-hydrogen) atoms. The molecule has 2 nitrogen and oxygen atoms in total.